The van der Waals surface area contributed by atoms with Gasteiger partial charge in [0.25, 0.3) is 0 Å². The van der Waals surface area contributed by atoms with Crippen LogP contribution < -0.4 is 15.4 Å². The number of amides is 1. The Kier molecular flexibility index (Phi) is 4.15. The third kappa shape index (κ3) is 3.70. The molecule has 0 aliphatic heterocycles. The maximum absolute atomic E-state index is 13.5. The first kappa shape index (κ1) is 12.8. The minimum Gasteiger partial charge on any atom is -0.491 e. The molecular formula is C13H17FN2O2. The van der Waals surface area contributed by atoms with Crippen molar-refractivity contribution >= 4 is 11.6 Å². The lowest BCUT2D eigenvalue weighted by Gasteiger charge is -2.08. The van der Waals surface area contributed by atoms with E-state index in [2.05, 4.69) is 10.6 Å². The number of carbonyl (C=O) groups excluding carboxylic acids is 1. The summed E-state index contributed by atoms with van der Waals surface area (Å²) in [6, 6.07) is 4.89. The molecule has 1 aliphatic carbocycles. The number of halogens is 1. The predicted molar refractivity (Wildman–Crippen MR) is 67.2 cm³/mol. The second kappa shape index (κ2) is 5.82. The van der Waals surface area contributed by atoms with Crippen LogP contribution in [0.4, 0.5) is 10.1 Å². The summed E-state index contributed by atoms with van der Waals surface area (Å²) < 4.78 is 18.6. The Balaban J connectivity index is 1.87. The molecule has 0 atom stereocenters. The summed E-state index contributed by atoms with van der Waals surface area (Å²) in [6.07, 6.45) is 2.26. The molecule has 4 nitrogen and oxygen atoms in total. The Morgan fingerprint density at radius 3 is 2.89 bits per heavy atom. The Morgan fingerprint density at radius 2 is 2.28 bits per heavy atom. The van der Waals surface area contributed by atoms with Crippen molar-refractivity contribution in [3.05, 3.63) is 24.0 Å². The fraction of sp³-hybridized carbons (Fsp3) is 0.462. The van der Waals surface area contributed by atoms with Gasteiger partial charge >= 0.3 is 0 Å². The van der Waals surface area contributed by atoms with Crippen molar-refractivity contribution in [1.29, 1.82) is 0 Å². The predicted octanol–water partition coefficient (Wildman–Crippen LogP) is 1.91. The van der Waals surface area contributed by atoms with Gasteiger partial charge in [-0.2, -0.15) is 0 Å². The molecule has 0 unspecified atom stereocenters. The second-order valence-electron chi connectivity index (χ2n) is 4.28. The molecule has 2 N–H and O–H groups in total. The number of ether oxygens (including phenoxy) is 1. The number of carbonyl (C=O) groups is 1. The van der Waals surface area contributed by atoms with Gasteiger partial charge in [0.2, 0.25) is 5.91 Å². The number of rotatable bonds is 6. The van der Waals surface area contributed by atoms with Gasteiger partial charge in [-0.3, -0.25) is 4.79 Å². The molecule has 1 aliphatic rings. The van der Waals surface area contributed by atoms with Crippen LogP contribution in [0.2, 0.25) is 0 Å². The molecule has 5 heteroatoms. The fourth-order valence-electron chi connectivity index (χ4n) is 1.58. The first-order valence-electron chi connectivity index (χ1n) is 6.14. The van der Waals surface area contributed by atoms with Crippen LogP contribution in [0.3, 0.4) is 0 Å². The van der Waals surface area contributed by atoms with E-state index in [1.165, 1.54) is 12.1 Å². The minimum absolute atomic E-state index is 0.162. The van der Waals surface area contributed by atoms with Gasteiger partial charge in [0.05, 0.1) is 13.2 Å². The average molecular weight is 252 g/mol. The molecule has 1 aromatic carbocycles. The topological polar surface area (TPSA) is 50.4 Å². The van der Waals surface area contributed by atoms with E-state index in [0.717, 1.165) is 12.8 Å². The van der Waals surface area contributed by atoms with Crippen LogP contribution in [0.15, 0.2) is 18.2 Å². The van der Waals surface area contributed by atoms with Crippen LogP contribution in [0.1, 0.15) is 19.8 Å². The molecule has 0 aromatic heterocycles. The summed E-state index contributed by atoms with van der Waals surface area (Å²) in [4.78, 5) is 11.5. The molecule has 1 saturated carbocycles. The zero-order chi connectivity index (χ0) is 13.0. The van der Waals surface area contributed by atoms with Crippen molar-refractivity contribution in [2.45, 2.75) is 25.8 Å². The first-order chi connectivity index (χ1) is 8.69. The van der Waals surface area contributed by atoms with Crippen LogP contribution in [0.5, 0.6) is 5.75 Å². The fourth-order valence-corrected chi connectivity index (χ4v) is 1.58. The summed E-state index contributed by atoms with van der Waals surface area (Å²) >= 11 is 0. The smallest absolute Gasteiger partial charge is 0.238 e. The maximum Gasteiger partial charge on any atom is 0.238 e. The largest absolute Gasteiger partial charge is 0.491 e. The van der Waals surface area contributed by atoms with Crippen molar-refractivity contribution < 1.29 is 13.9 Å². The van der Waals surface area contributed by atoms with Gasteiger partial charge in [-0.15, -0.1) is 0 Å². The Labute approximate surface area is 106 Å². The molecule has 2 rings (SSSR count). The van der Waals surface area contributed by atoms with Crippen molar-refractivity contribution in [3.8, 4) is 5.75 Å². The highest BCUT2D eigenvalue weighted by atomic mass is 19.1. The third-order valence-corrected chi connectivity index (χ3v) is 2.64. The number of benzene rings is 1. The van der Waals surface area contributed by atoms with Gasteiger partial charge in [0.1, 0.15) is 0 Å². The number of hydrogen-bond donors (Lipinski definition) is 2. The van der Waals surface area contributed by atoms with Crippen LogP contribution in [-0.4, -0.2) is 25.1 Å². The van der Waals surface area contributed by atoms with Crippen molar-refractivity contribution in [2.75, 3.05) is 18.5 Å². The lowest BCUT2D eigenvalue weighted by atomic mass is 10.3. The zero-order valence-corrected chi connectivity index (χ0v) is 10.3. The van der Waals surface area contributed by atoms with Gasteiger partial charge < -0.3 is 15.4 Å². The molecule has 1 aromatic rings. The molecule has 0 radical (unpaired) electrons. The maximum atomic E-state index is 13.5. The van der Waals surface area contributed by atoms with Crippen molar-refractivity contribution in [2.24, 2.45) is 0 Å². The second-order valence-corrected chi connectivity index (χ2v) is 4.28. The highest BCUT2D eigenvalue weighted by molar-refractivity contribution is 5.92. The summed E-state index contributed by atoms with van der Waals surface area (Å²) in [6.45, 7) is 2.46. The van der Waals surface area contributed by atoms with E-state index in [-0.39, 0.29) is 18.2 Å². The Bertz CT molecular complexity index is 433. The van der Waals surface area contributed by atoms with Crippen LogP contribution in [0, 0.1) is 5.82 Å². The standard InChI is InChI=1S/C13H17FN2O2/c1-2-18-12-6-5-10(7-11(12)14)16-13(17)8-15-9-3-4-9/h5-7,9,15H,2-4,8H2,1H3,(H,16,17). The molecule has 18 heavy (non-hydrogen) atoms. The molecule has 98 valence electrons. The summed E-state index contributed by atoms with van der Waals surface area (Å²) in [5, 5.41) is 5.73. The number of nitrogens with one attached hydrogen (secondary N) is 2. The lowest BCUT2D eigenvalue weighted by molar-refractivity contribution is -0.115. The highest BCUT2D eigenvalue weighted by Crippen LogP contribution is 2.21. The van der Waals surface area contributed by atoms with Gasteiger partial charge in [0, 0.05) is 17.8 Å². The SMILES string of the molecule is CCOc1ccc(NC(=O)CNC2CC2)cc1F. The quantitative estimate of drug-likeness (QED) is 0.813. The van der Waals surface area contributed by atoms with E-state index in [1.54, 1.807) is 13.0 Å². The molecule has 1 amide bonds. The zero-order valence-electron chi connectivity index (χ0n) is 10.3. The Morgan fingerprint density at radius 1 is 1.50 bits per heavy atom. The molecule has 1 fully saturated rings. The molecular weight excluding hydrogens is 235 g/mol. The summed E-state index contributed by atoms with van der Waals surface area (Å²) in [5.74, 6) is -0.429. The van der Waals surface area contributed by atoms with Crippen LogP contribution >= 0.6 is 0 Å². The monoisotopic (exact) mass is 252 g/mol. The lowest BCUT2D eigenvalue weighted by Crippen LogP contribution is -2.29. The molecule has 0 heterocycles. The summed E-state index contributed by atoms with van der Waals surface area (Å²) in [5.41, 5.74) is 0.443. The summed E-state index contributed by atoms with van der Waals surface area (Å²) in [7, 11) is 0. The van der Waals surface area contributed by atoms with E-state index in [1.807, 2.05) is 0 Å². The Hall–Kier alpha value is -1.62. The minimum atomic E-state index is -0.468. The number of anilines is 1. The molecule has 0 spiro atoms. The van der Waals surface area contributed by atoms with E-state index < -0.39 is 5.82 Å². The van der Waals surface area contributed by atoms with Crippen molar-refractivity contribution in [1.82, 2.24) is 5.32 Å². The van der Waals surface area contributed by atoms with Gasteiger partial charge in [0.15, 0.2) is 11.6 Å². The third-order valence-electron chi connectivity index (χ3n) is 2.64. The number of hydrogen-bond acceptors (Lipinski definition) is 3. The average Bonchev–Trinajstić information content (AvgIpc) is 3.14. The molecule has 0 saturated heterocycles. The van der Waals surface area contributed by atoms with E-state index in [4.69, 9.17) is 4.74 Å². The van der Waals surface area contributed by atoms with Crippen LogP contribution in [0.25, 0.3) is 0 Å². The van der Waals surface area contributed by atoms with Crippen LogP contribution in [-0.2, 0) is 4.79 Å². The van der Waals surface area contributed by atoms with E-state index in [0.29, 0.717) is 18.3 Å². The van der Waals surface area contributed by atoms with E-state index in [9.17, 15) is 9.18 Å². The van der Waals surface area contributed by atoms with E-state index >= 15 is 0 Å². The van der Waals surface area contributed by atoms with Gasteiger partial charge in [-0.05, 0) is 31.9 Å². The van der Waals surface area contributed by atoms with Crippen molar-refractivity contribution in [3.63, 3.8) is 0 Å². The first-order valence-corrected chi connectivity index (χ1v) is 6.14. The van der Waals surface area contributed by atoms with Gasteiger partial charge in [-0.25, -0.2) is 4.39 Å². The molecule has 0 bridgehead atoms. The highest BCUT2D eigenvalue weighted by Gasteiger charge is 2.21. The van der Waals surface area contributed by atoms with Gasteiger partial charge in [-0.1, -0.05) is 0 Å². The normalized spacial score (nSPS) is 14.3.